The molecule has 0 aromatic heterocycles. The van der Waals surface area contributed by atoms with Gasteiger partial charge in [-0.2, -0.15) is 0 Å². The second-order valence-corrected chi connectivity index (χ2v) is 2.18. The molecule has 0 aliphatic carbocycles. The molecule has 0 aromatic rings. The fourth-order valence-electron chi connectivity index (χ4n) is 0.516. The van der Waals surface area contributed by atoms with Crippen LogP contribution in [0.4, 0.5) is 0 Å². The second-order valence-electron chi connectivity index (χ2n) is 2.18. The van der Waals surface area contributed by atoms with E-state index in [9.17, 15) is 9.59 Å². The van der Waals surface area contributed by atoms with Gasteiger partial charge in [0.25, 0.3) is 0 Å². The van der Waals surface area contributed by atoms with Gasteiger partial charge in [0.1, 0.15) is 0 Å². The summed E-state index contributed by atoms with van der Waals surface area (Å²) in [7, 11) is 1.56. The lowest BCUT2D eigenvalue weighted by molar-refractivity contribution is -0.119. The number of hydrogen-bond donors (Lipinski definition) is 2. The summed E-state index contributed by atoms with van der Waals surface area (Å²) in [5, 5.41) is 2.44. The van der Waals surface area contributed by atoms with E-state index in [2.05, 4.69) is 10.3 Å². The van der Waals surface area contributed by atoms with E-state index in [0.29, 0.717) is 6.54 Å². The van der Waals surface area contributed by atoms with Gasteiger partial charge in [-0.05, 0) is 0 Å². The summed E-state index contributed by atoms with van der Waals surface area (Å²) >= 11 is 0. The number of nitrogens with zero attached hydrogens (tertiary/aromatic N) is 1. The number of carbonyl (C=O) groups excluding carboxylic acids is 2. The number of primary amides is 1. The van der Waals surface area contributed by atoms with Gasteiger partial charge in [-0.15, -0.1) is 0 Å². The number of amides is 2. The van der Waals surface area contributed by atoms with Crippen LogP contribution in [-0.2, 0) is 9.59 Å². The molecule has 0 heterocycles. The molecular formula is C7H13N3O2. The predicted octanol–water partition coefficient (Wildman–Crippen LogP) is -0.931. The third kappa shape index (κ3) is 6.73. The Balaban J connectivity index is 3.37. The third-order valence-electron chi connectivity index (χ3n) is 1.17. The normalized spacial score (nSPS) is 10.1. The van der Waals surface area contributed by atoms with Crippen molar-refractivity contribution in [2.24, 2.45) is 10.7 Å². The molecule has 3 N–H and O–H groups in total. The van der Waals surface area contributed by atoms with Crippen molar-refractivity contribution in [1.82, 2.24) is 5.32 Å². The molecule has 0 unspecified atom stereocenters. The van der Waals surface area contributed by atoms with Crippen LogP contribution in [-0.4, -0.2) is 31.6 Å². The lowest BCUT2D eigenvalue weighted by Crippen LogP contribution is -2.17. The summed E-state index contributed by atoms with van der Waals surface area (Å²) in [6.45, 7) is 0.353. The first-order valence-corrected chi connectivity index (χ1v) is 3.64. The van der Waals surface area contributed by atoms with Gasteiger partial charge in [0, 0.05) is 26.2 Å². The van der Waals surface area contributed by atoms with Gasteiger partial charge in [-0.3, -0.25) is 14.6 Å². The Morgan fingerprint density at radius 2 is 2.25 bits per heavy atom. The molecule has 0 spiro atoms. The Morgan fingerprint density at radius 1 is 1.58 bits per heavy atom. The van der Waals surface area contributed by atoms with Gasteiger partial charge in [0.15, 0.2) is 0 Å². The Kier molecular flexibility index (Phi) is 5.60. The molecule has 68 valence electrons. The fourth-order valence-corrected chi connectivity index (χ4v) is 0.516. The van der Waals surface area contributed by atoms with Crippen molar-refractivity contribution >= 4 is 18.0 Å². The minimum atomic E-state index is -0.382. The van der Waals surface area contributed by atoms with Crippen LogP contribution in [0.3, 0.4) is 0 Å². The summed E-state index contributed by atoms with van der Waals surface area (Å²) in [5.74, 6) is -0.482. The van der Waals surface area contributed by atoms with E-state index in [4.69, 9.17) is 5.73 Å². The molecule has 0 atom stereocenters. The van der Waals surface area contributed by atoms with Crippen LogP contribution >= 0.6 is 0 Å². The fraction of sp³-hybridized carbons (Fsp3) is 0.571. The molecule has 0 saturated heterocycles. The number of nitrogens with one attached hydrogen (secondary N) is 1. The molecule has 0 aromatic carbocycles. The molecule has 0 aliphatic heterocycles. The van der Waals surface area contributed by atoms with Crippen LogP contribution in [0.15, 0.2) is 4.99 Å². The van der Waals surface area contributed by atoms with Crippen LogP contribution in [0.25, 0.3) is 0 Å². The van der Waals surface area contributed by atoms with E-state index >= 15 is 0 Å². The number of nitrogens with two attached hydrogens (primary N) is 1. The SMILES string of the molecule is CNC(=O)CC=NCCC(N)=O. The van der Waals surface area contributed by atoms with Crippen molar-refractivity contribution < 1.29 is 9.59 Å². The Labute approximate surface area is 71.0 Å². The number of carbonyl (C=O) groups is 2. The van der Waals surface area contributed by atoms with Crippen LogP contribution < -0.4 is 11.1 Å². The van der Waals surface area contributed by atoms with Gasteiger partial charge in [0.05, 0.1) is 6.42 Å². The Morgan fingerprint density at radius 3 is 2.75 bits per heavy atom. The van der Waals surface area contributed by atoms with Gasteiger partial charge in [-0.1, -0.05) is 0 Å². The maximum absolute atomic E-state index is 10.6. The van der Waals surface area contributed by atoms with Crippen LogP contribution in [0.2, 0.25) is 0 Å². The summed E-state index contributed by atoms with van der Waals surface area (Å²) in [6, 6.07) is 0. The van der Waals surface area contributed by atoms with Crippen LogP contribution in [0.5, 0.6) is 0 Å². The van der Waals surface area contributed by atoms with E-state index in [0.717, 1.165) is 0 Å². The molecule has 0 fully saturated rings. The summed E-state index contributed by atoms with van der Waals surface area (Å²) in [6.07, 6.45) is 1.95. The molecule has 0 rings (SSSR count). The Bertz CT molecular complexity index is 189. The second kappa shape index (κ2) is 6.33. The highest BCUT2D eigenvalue weighted by Gasteiger charge is 1.92. The minimum absolute atomic E-state index is 0.0992. The van der Waals surface area contributed by atoms with E-state index in [-0.39, 0.29) is 24.7 Å². The quantitative estimate of drug-likeness (QED) is 0.524. The van der Waals surface area contributed by atoms with Crippen molar-refractivity contribution in [2.75, 3.05) is 13.6 Å². The largest absolute Gasteiger partial charge is 0.370 e. The molecule has 0 aliphatic rings. The first kappa shape index (κ1) is 10.6. The van der Waals surface area contributed by atoms with Crippen LogP contribution in [0, 0.1) is 0 Å². The Hall–Kier alpha value is -1.39. The van der Waals surface area contributed by atoms with Crippen molar-refractivity contribution in [1.29, 1.82) is 0 Å². The topological polar surface area (TPSA) is 84.6 Å². The van der Waals surface area contributed by atoms with Crippen molar-refractivity contribution in [2.45, 2.75) is 12.8 Å². The van der Waals surface area contributed by atoms with Gasteiger partial charge in [-0.25, -0.2) is 0 Å². The molecule has 0 saturated carbocycles. The van der Waals surface area contributed by atoms with E-state index in [1.165, 1.54) is 6.21 Å². The van der Waals surface area contributed by atoms with Gasteiger partial charge in [0.2, 0.25) is 11.8 Å². The van der Waals surface area contributed by atoms with E-state index in [1.807, 2.05) is 0 Å². The van der Waals surface area contributed by atoms with Crippen molar-refractivity contribution in [3.05, 3.63) is 0 Å². The highest BCUT2D eigenvalue weighted by molar-refractivity contribution is 5.89. The smallest absolute Gasteiger partial charge is 0.225 e. The van der Waals surface area contributed by atoms with E-state index in [1.54, 1.807) is 7.05 Å². The predicted molar refractivity (Wildman–Crippen MR) is 45.9 cm³/mol. The van der Waals surface area contributed by atoms with Gasteiger partial charge < -0.3 is 11.1 Å². The van der Waals surface area contributed by atoms with Crippen molar-refractivity contribution in [3.63, 3.8) is 0 Å². The average Bonchev–Trinajstić information content (AvgIpc) is 2.03. The third-order valence-corrected chi connectivity index (χ3v) is 1.17. The number of rotatable bonds is 5. The number of hydrogen-bond acceptors (Lipinski definition) is 3. The standard InChI is InChI=1S/C7H13N3O2/c1-9-7(12)3-5-10-4-2-6(8)11/h5H,2-4H2,1H3,(H2,8,11)(H,9,12). The minimum Gasteiger partial charge on any atom is -0.370 e. The highest BCUT2D eigenvalue weighted by atomic mass is 16.1. The van der Waals surface area contributed by atoms with Crippen LogP contribution in [0.1, 0.15) is 12.8 Å². The first-order valence-electron chi connectivity index (χ1n) is 3.64. The molecule has 0 radical (unpaired) electrons. The molecule has 2 amide bonds. The lowest BCUT2D eigenvalue weighted by Gasteiger charge is -1.92. The van der Waals surface area contributed by atoms with Crippen molar-refractivity contribution in [3.8, 4) is 0 Å². The molecular weight excluding hydrogens is 158 g/mol. The molecule has 0 bridgehead atoms. The highest BCUT2D eigenvalue weighted by Crippen LogP contribution is 1.79. The molecule has 5 nitrogen and oxygen atoms in total. The molecule has 5 heteroatoms. The summed E-state index contributed by atoms with van der Waals surface area (Å²) in [4.78, 5) is 24.6. The monoisotopic (exact) mass is 171 g/mol. The molecule has 12 heavy (non-hydrogen) atoms. The lowest BCUT2D eigenvalue weighted by atomic mass is 10.4. The first-order chi connectivity index (χ1) is 5.66. The summed E-state index contributed by atoms with van der Waals surface area (Å²) < 4.78 is 0. The zero-order chi connectivity index (χ0) is 9.40. The number of aliphatic imine (C=N–C) groups is 1. The summed E-state index contributed by atoms with van der Waals surface area (Å²) in [5.41, 5.74) is 4.87. The zero-order valence-corrected chi connectivity index (χ0v) is 7.04. The maximum atomic E-state index is 10.6. The van der Waals surface area contributed by atoms with E-state index < -0.39 is 0 Å². The van der Waals surface area contributed by atoms with Gasteiger partial charge >= 0.3 is 0 Å². The zero-order valence-electron chi connectivity index (χ0n) is 7.04. The maximum Gasteiger partial charge on any atom is 0.225 e. The average molecular weight is 171 g/mol.